The van der Waals surface area contributed by atoms with Gasteiger partial charge in [0.25, 0.3) is 0 Å². The van der Waals surface area contributed by atoms with Gasteiger partial charge >= 0.3 is 0 Å². The van der Waals surface area contributed by atoms with Crippen molar-refractivity contribution in [2.75, 3.05) is 5.75 Å². The average Bonchev–Trinajstić information content (AvgIpc) is 2.26. The lowest BCUT2D eigenvalue weighted by atomic mass is 10.1. The lowest BCUT2D eigenvalue weighted by Gasteiger charge is -2.05. The molecule has 0 saturated carbocycles. The topological polar surface area (TPSA) is 30.0 Å². The summed E-state index contributed by atoms with van der Waals surface area (Å²) in [5, 5.41) is 0. The predicted molar refractivity (Wildman–Crippen MR) is 73.4 cm³/mol. The molecule has 0 amide bonds. The molecule has 0 fully saturated rings. The number of hydrogen-bond acceptors (Lipinski definition) is 3. The van der Waals surface area contributed by atoms with Crippen molar-refractivity contribution < 1.29 is 4.79 Å². The molecule has 0 aliphatic carbocycles. The van der Waals surface area contributed by atoms with E-state index in [1.54, 1.807) is 11.8 Å². The fraction of sp³-hybridized carbons (Fsp3) is 0.571. The van der Waals surface area contributed by atoms with E-state index in [4.69, 9.17) is 0 Å². The van der Waals surface area contributed by atoms with E-state index in [-0.39, 0.29) is 0 Å². The summed E-state index contributed by atoms with van der Waals surface area (Å²) in [5.74, 6) is 1.34. The maximum atomic E-state index is 11.6. The quantitative estimate of drug-likeness (QED) is 0.691. The summed E-state index contributed by atoms with van der Waals surface area (Å²) < 4.78 is 0. The summed E-state index contributed by atoms with van der Waals surface area (Å²) in [6, 6.07) is 2.14. The summed E-state index contributed by atoms with van der Waals surface area (Å²) in [6.07, 6.45) is 6.61. The van der Waals surface area contributed by atoms with Gasteiger partial charge < -0.3 is 0 Å². The highest BCUT2D eigenvalue weighted by Crippen LogP contribution is 2.19. The second-order valence-electron chi connectivity index (χ2n) is 4.70. The van der Waals surface area contributed by atoms with Gasteiger partial charge in [-0.1, -0.05) is 27.2 Å². The van der Waals surface area contributed by atoms with Crippen LogP contribution in [0.15, 0.2) is 23.4 Å². The number of nitrogens with zero attached hydrogens (tertiary/aromatic N) is 1. The van der Waals surface area contributed by atoms with Crippen LogP contribution in [-0.2, 0) is 11.2 Å². The lowest BCUT2D eigenvalue weighted by Crippen LogP contribution is -2.05. The fourth-order valence-corrected chi connectivity index (χ4v) is 2.46. The van der Waals surface area contributed by atoms with Crippen molar-refractivity contribution in [2.45, 2.75) is 44.9 Å². The molecule has 0 aliphatic rings. The number of rotatable bonds is 7. The molecular weight excluding hydrogens is 230 g/mol. The molecule has 3 heteroatoms. The summed E-state index contributed by atoms with van der Waals surface area (Å²) in [4.78, 5) is 16.9. The predicted octanol–water partition coefficient (Wildman–Crippen LogP) is 3.74. The van der Waals surface area contributed by atoms with Crippen LogP contribution in [0.3, 0.4) is 0 Å². The number of carbonyl (C=O) groups is 1. The molecule has 0 N–H and O–H groups in total. The molecule has 0 unspecified atom stereocenters. The van der Waals surface area contributed by atoms with Crippen molar-refractivity contribution in [2.24, 2.45) is 5.92 Å². The molecule has 1 heterocycles. The molecule has 1 rings (SSSR count). The number of pyridine rings is 1. The van der Waals surface area contributed by atoms with Crippen LogP contribution in [0.5, 0.6) is 0 Å². The molecule has 2 nitrogen and oxygen atoms in total. The lowest BCUT2D eigenvalue weighted by molar-refractivity contribution is -0.117. The zero-order valence-corrected chi connectivity index (χ0v) is 11.7. The highest BCUT2D eigenvalue weighted by atomic mass is 32.2. The third kappa shape index (κ3) is 5.87. The van der Waals surface area contributed by atoms with E-state index in [2.05, 4.69) is 31.8 Å². The first kappa shape index (κ1) is 14.2. The van der Waals surface area contributed by atoms with Crippen molar-refractivity contribution in [1.29, 1.82) is 0 Å². The number of ketones is 1. The van der Waals surface area contributed by atoms with E-state index in [0.717, 1.165) is 17.7 Å². The Bertz CT molecular complexity index is 363. The van der Waals surface area contributed by atoms with Gasteiger partial charge in [-0.15, -0.1) is 11.8 Å². The molecule has 0 bridgehead atoms. The normalized spacial score (nSPS) is 10.8. The third-order valence-corrected chi connectivity index (χ3v) is 3.37. The van der Waals surface area contributed by atoms with Crippen LogP contribution in [0, 0.1) is 5.92 Å². The summed E-state index contributed by atoms with van der Waals surface area (Å²) >= 11 is 1.60. The molecular formula is C14H21NOS. The van der Waals surface area contributed by atoms with Gasteiger partial charge in [0.05, 0.1) is 5.75 Å². The van der Waals surface area contributed by atoms with E-state index in [1.807, 2.05) is 12.4 Å². The Labute approximate surface area is 108 Å². The Morgan fingerprint density at radius 1 is 1.41 bits per heavy atom. The summed E-state index contributed by atoms with van der Waals surface area (Å²) in [7, 11) is 0. The maximum absolute atomic E-state index is 11.6. The van der Waals surface area contributed by atoms with Crippen molar-refractivity contribution in [3.05, 3.63) is 24.0 Å². The third-order valence-electron chi connectivity index (χ3n) is 2.34. The van der Waals surface area contributed by atoms with Crippen molar-refractivity contribution in [3.63, 3.8) is 0 Å². The van der Waals surface area contributed by atoms with E-state index in [0.29, 0.717) is 23.9 Å². The summed E-state index contributed by atoms with van der Waals surface area (Å²) in [6.45, 7) is 6.31. The van der Waals surface area contributed by atoms with Crippen LogP contribution < -0.4 is 0 Å². The van der Waals surface area contributed by atoms with Gasteiger partial charge in [-0.25, -0.2) is 0 Å². The van der Waals surface area contributed by atoms with Crippen LogP contribution in [0.2, 0.25) is 0 Å². The molecule has 0 aliphatic heterocycles. The Morgan fingerprint density at radius 3 is 2.82 bits per heavy atom. The Hall–Kier alpha value is -0.830. The number of hydrogen-bond donors (Lipinski definition) is 0. The van der Waals surface area contributed by atoms with Crippen LogP contribution in [-0.4, -0.2) is 16.5 Å². The van der Waals surface area contributed by atoms with Gasteiger partial charge in [0, 0.05) is 23.7 Å². The Kier molecular flexibility index (Phi) is 6.27. The standard InChI is InChI=1S/C14H21NOS/c1-4-5-12-7-14(9-15-8-12)17-10-13(16)6-11(2)3/h7-9,11H,4-6,10H2,1-3H3. The Balaban J connectivity index is 2.45. The average molecular weight is 251 g/mol. The molecule has 0 atom stereocenters. The van der Waals surface area contributed by atoms with Crippen LogP contribution in [0.1, 0.15) is 39.2 Å². The van der Waals surface area contributed by atoms with Gasteiger partial charge in [-0.05, 0) is 24.0 Å². The highest BCUT2D eigenvalue weighted by molar-refractivity contribution is 8.00. The first-order valence-corrected chi connectivity index (χ1v) is 7.18. The minimum Gasteiger partial charge on any atom is -0.299 e. The molecule has 0 aromatic carbocycles. The smallest absolute Gasteiger partial charge is 0.143 e. The second-order valence-corrected chi connectivity index (χ2v) is 5.75. The van der Waals surface area contributed by atoms with Crippen LogP contribution in [0.25, 0.3) is 0 Å². The van der Waals surface area contributed by atoms with Gasteiger partial charge in [-0.3, -0.25) is 9.78 Å². The van der Waals surface area contributed by atoms with E-state index >= 15 is 0 Å². The minimum absolute atomic E-state index is 0.325. The van der Waals surface area contributed by atoms with Crippen molar-refractivity contribution in [3.8, 4) is 0 Å². The van der Waals surface area contributed by atoms with Gasteiger partial charge in [0.15, 0.2) is 0 Å². The van der Waals surface area contributed by atoms with Crippen LogP contribution in [0.4, 0.5) is 0 Å². The van der Waals surface area contributed by atoms with Gasteiger partial charge in [0.1, 0.15) is 5.78 Å². The number of aromatic nitrogens is 1. The zero-order chi connectivity index (χ0) is 12.7. The molecule has 94 valence electrons. The van der Waals surface area contributed by atoms with E-state index < -0.39 is 0 Å². The highest BCUT2D eigenvalue weighted by Gasteiger charge is 2.06. The number of carbonyl (C=O) groups excluding carboxylic acids is 1. The van der Waals surface area contributed by atoms with E-state index in [1.165, 1.54) is 5.56 Å². The number of aryl methyl sites for hydroxylation is 1. The maximum Gasteiger partial charge on any atom is 0.143 e. The van der Waals surface area contributed by atoms with Crippen molar-refractivity contribution in [1.82, 2.24) is 4.98 Å². The van der Waals surface area contributed by atoms with Crippen molar-refractivity contribution >= 4 is 17.5 Å². The monoisotopic (exact) mass is 251 g/mol. The zero-order valence-electron chi connectivity index (χ0n) is 10.9. The Morgan fingerprint density at radius 2 is 2.18 bits per heavy atom. The molecule has 17 heavy (non-hydrogen) atoms. The van der Waals surface area contributed by atoms with Gasteiger partial charge in [0.2, 0.25) is 0 Å². The SMILES string of the molecule is CCCc1cncc(SCC(=O)CC(C)C)c1. The molecule has 1 aromatic rings. The van der Waals surface area contributed by atoms with Gasteiger partial charge in [-0.2, -0.15) is 0 Å². The number of Topliss-reactive ketones (excluding diaryl/α,β-unsaturated/α-hetero) is 1. The molecule has 0 saturated heterocycles. The first-order valence-electron chi connectivity index (χ1n) is 6.20. The van der Waals surface area contributed by atoms with E-state index in [9.17, 15) is 4.79 Å². The fourth-order valence-electron chi connectivity index (χ4n) is 1.65. The largest absolute Gasteiger partial charge is 0.299 e. The minimum atomic E-state index is 0.325. The number of thioether (sulfide) groups is 1. The van der Waals surface area contributed by atoms with Crippen LogP contribution >= 0.6 is 11.8 Å². The second kappa shape index (κ2) is 7.49. The first-order chi connectivity index (χ1) is 8.11. The summed E-state index contributed by atoms with van der Waals surface area (Å²) in [5.41, 5.74) is 1.26. The molecule has 0 radical (unpaired) electrons. The molecule has 1 aromatic heterocycles. The molecule has 0 spiro atoms.